The third-order valence-corrected chi connectivity index (χ3v) is 5.82. The molecule has 0 aromatic carbocycles. The van der Waals surface area contributed by atoms with E-state index in [0.29, 0.717) is 5.41 Å². The van der Waals surface area contributed by atoms with E-state index in [1.165, 1.54) is 77.8 Å². The second kappa shape index (κ2) is 8.05. The molecule has 1 aliphatic heterocycles. The summed E-state index contributed by atoms with van der Waals surface area (Å²) >= 11 is 4.72. The van der Waals surface area contributed by atoms with Crippen LogP contribution in [0.4, 0.5) is 0 Å². The summed E-state index contributed by atoms with van der Waals surface area (Å²) in [6.07, 6.45) is 8.54. The molecule has 1 heterocycles. The van der Waals surface area contributed by atoms with Crippen LogP contribution in [0.5, 0.6) is 0 Å². The van der Waals surface area contributed by atoms with Gasteiger partial charge in [-0.2, -0.15) is 12.6 Å². The summed E-state index contributed by atoms with van der Waals surface area (Å²) in [7, 11) is 0. The van der Waals surface area contributed by atoms with Crippen LogP contribution in [0.1, 0.15) is 52.4 Å². The minimum Gasteiger partial charge on any atom is -0.301 e. The van der Waals surface area contributed by atoms with Gasteiger partial charge in [-0.25, -0.2) is 0 Å². The molecule has 0 N–H and O–H groups in total. The summed E-state index contributed by atoms with van der Waals surface area (Å²) in [5.41, 5.74) is 0.514. The van der Waals surface area contributed by atoms with Gasteiger partial charge >= 0.3 is 0 Å². The second-order valence-electron chi connectivity index (χ2n) is 7.54. The standard InChI is InChI=1S/C17H34N2S/c1-16(2)13-18-9-11-19(12-10-18)14-17(15-20)7-5-3-4-6-8-17/h16,20H,3-15H2,1-2H3. The van der Waals surface area contributed by atoms with E-state index in [0.717, 1.165) is 11.7 Å². The molecule has 0 radical (unpaired) electrons. The van der Waals surface area contributed by atoms with Crippen LogP contribution >= 0.6 is 12.6 Å². The van der Waals surface area contributed by atoms with Crippen LogP contribution in [0.3, 0.4) is 0 Å². The Morgan fingerprint density at radius 1 is 0.900 bits per heavy atom. The molecule has 0 amide bonds. The van der Waals surface area contributed by atoms with Crippen molar-refractivity contribution in [3.8, 4) is 0 Å². The van der Waals surface area contributed by atoms with E-state index in [4.69, 9.17) is 12.6 Å². The van der Waals surface area contributed by atoms with E-state index in [-0.39, 0.29) is 0 Å². The Kier molecular flexibility index (Phi) is 6.70. The van der Waals surface area contributed by atoms with Gasteiger partial charge in [0.15, 0.2) is 0 Å². The molecule has 2 rings (SSSR count). The van der Waals surface area contributed by atoms with Gasteiger partial charge in [-0.15, -0.1) is 0 Å². The Hall–Kier alpha value is 0.270. The molecule has 1 saturated heterocycles. The van der Waals surface area contributed by atoms with E-state index in [2.05, 4.69) is 23.6 Å². The summed E-state index contributed by atoms with van der Waals surface area (Å²) < 4.78 is 0. The third-order valence-electron chi connectivity index (χ3n) is 5.15. The van der Waals surface area contributed by atoms with E-state index < -0.39 is 0 Å². The van der Waals surface area contributed by atoms with Gasteiger partial charge in [-0.05, 0) is 29.9 Å². The molecule has 2 fully saturated rings. The topological polar surface area (TPSA) is 6.48 Å². The number of nitrogens with zero attached hydrogens (tertiary/aromatic N) is 2. The first-order chi connectivity index (χ1) is 9.63. The van der Waals surface area contributed by atoms with E-state index in [9.17, 15) is 0 Å². The summed E-state index contributed by atoms with van der Waals surface area (Å²) in [5, 5.41) is 0. The first-order valence-corrected chi connectivity index (χ1v) is 9.32. The fourth-order valence-electron chi connectivity index (χ4n) is 3.97. The molecular formula is C17H34N2S. The van der Waals surface area contributed by atoms with Crippen molar-refractivity contribution in [1.29, 1.82) is 0 Å². The van der Waals surface area contributed by atoms with E-state index in [1.54, 1.807) is 0 Å². The molecule has 0 unspecified atom stereocenters. The van der Waals surface area contributed by atoms with Gasteiger partial charge in [0.25, 0.3) is 0 Å². The molecule has 20 heavy (non-hydrogen) atoms. The zero-order valence-electron chi connectivity index (χ0n) is 13.6. The van der Waals surface area contributed by atoms with Gasteiger partial charge in [0, 0.05) is 39.3 Å². The Labute approximate surface area is 131 Å². The third kappa shape index (κ3) is 4.92. The second-order valence-corrected chi connectivity index (χ2v) is 7.86. The predicted molar refractivity (Wildman–Crippen MR) is 91.7 cm³/mol. The van der Waals surface area contributed by atoms with Crippen LogP contribution < -0.4 is 0 Å². The molecule has 0 bridgehead atoms. The molecule has 0 atom stereocenters. The molecule has 0 aromatic heterocycles. The fourth-order valence-corrected chi connectivity index (χ4v) is 4.38. The lowest BCUT2D eigenvalue weighted by Crippen LogP contribution is -2.50. The van der Waals surface area contributed by atoms with Gasteiger partial charge in [0.1, 0.15) is 0 Å². The molecule has 0 aromatic rings. The lowest BCUT2D eigenvalue weighted by Gasteiger charge is -2.41. The zero-order chi connectivity index (χ0) is 14.4. The highest BCUT2D eigenvalue weighted by molar-refractivity contribution is 7.80. The van der Waals surface area contributed by atoms with Crippen molar-refractivity contribution < 1.29 is 0 Å². The van der Waals surface area contributed by atoms with E-state index >= 15 is 0 Å². The van der Waals surface area contributed by atoms with Crippen LogP contribution in [0.15, 0.2) is 0 Å². The van der Waals surface area contributed by atoms with Crippen molar-refractivity contribution in [2.75, 3.05) is 45.0 Å². The smallest absolute Gasteiger partial charge is 0.0110 e. The quantitative estimate of drug-likeness (QED) is 0.613. The molecule has 0 spiro atoms. The normalized spacial score (nSPS) is 25.8. The van der Waals surface area contributed by atoms with Gasteiger partial charge < -0.3 is 9.80 Å². The van der Waals surface area contributed by atoms with Crippen LogP contribution in [-0.4, -0.2) is 54.8 Å². The molecule has 2 aliphatic rings. The maximum atomic E-state index is 4.72. The molecule has 1 aliphatic carbocycles. The van der Waals surface area contributed by atoms with Crippen molar-refractivity contribution in [3.63, 3.8) is 0 Å². The molecule has 118 valence electrons. The van der Waals surface area contributed by atoms with Crippen molar-refractivity contribution in [2.45, 2.75) is 52.4 Å². The lowest BCUT2D eigenvalue weighted by molar-refractivity contribution is 0.0805. The van der Waals surface area contributed by atoms with Gasteiger partial charge in [0.2, 0.25) is 0 Å². The van der Waals surface area contributed by atoms with E-state index in [1.807, 2.05) is 0 Å². The summed E-state index contributed by atoms with van der Waals surface area (Å²) in [6, 6.07) is 0. The average Bonchev–Trinajstić information content (AvgIpc) is 2.67. The largest absolute Gasteiger partial charge is 0.301 e. The molecular weight excluding hydrogens is 264 g/mol. The van der Waals surface area contributed by atoms with Crippen molar-refractivity contribution in [1.82, 2.24) is 9.80 Å². The monoisotopic (exact) mass is 298 g/mol. The first-order valence-electron chi connectivity index (χ1n) is 8.69. The number of rotatable bonds is 5. The maximum absolute atomic E-state index is 4.72. The highest BCUT2D eigenvalue weighted by Crippen LogP contribution is 2.37. The first kappa shape index (κ1) is 16.6. The molecule has 2 nitrogen and oxygen atoms in total. The van der Waals surface area contributed by atoms with Crippen LogP contribution in [0, 0.1) is 11.3 Å². The zero-order valence-corrected chi connectivity index (χ0v) is 14.5. The van der Waals surface area contributed by atoms with Crippen molar-refractivity contribution in [2.24, 2.45) is 11.3 Å². The van der Waals surface area contributed by atoms with Crippen molar-refractivity contribution >= 4 is 12.6 Å². The fraction of sp³-hybridized carbons (Fsp3) is 1.00. The SMILES string of the molecule is CC(C)CN1CCN(CC2(CS)CCCCCC2)CC1. The Balaban J connectivity index is 1.80. The Morgan fingerprint density at radius 2 is 1.45 bits per heavy atom. The van der Waals surface area contributed by atoms with Crippen LogP contribution in [0.2, 0.25) is 0 Å². The number of hydrogen-bond donors (Lipinski definition) is 1. The van der Waals surface area contributed by atoms with Crippen LogP contribution in [-0.2, 0) is 0 Å². The number of piperazine rings is 1. The van der Waals surface area contributed by atoms with Gasteiger partial charge in [-0.1, -0.05) is 39.5 Å². The Bertz CT molecular complexity index is 264. The van der Waals surface area contributed by atoms with Crippen LogP contribution in [0.25, 0.3) is 0 Å². The van der Waals surface area contributed by atoms with Gasteiger partial charge in [-0.3, -0.25) is 0 Å². The van der Waals surface area contributed by atoms with Crippen molar-refractivity contribution in [3.05, 3.63) is 0 Å². The maximum Gasteiger partial charge on any atom is 0.0110 e. The molecule has 1 saturated carbocycles. The highest BCUT2D eigenvalue weighted by Gasteiger charge is 2.32. The molecule has 3 heteroatoms. The summed E-state index contributed by atoms with van der Waals surface area (Å²) in [5.74, 6) is 1.88. The number of thiol groups is 1. The predicted octanol–water partition coefficient (Wildman–Crippen LogP) is 3.53. The summed E-state index contributed by atoms with van der Waals surface area (Å²) in [4.78, 5) is 5.36. The average molecular weight is 299 g/mol. The highest BCUT2D eigenvalue weighted by atomic mass is 32.1. The summed E-state index contributed by atoms with van der Waals surface area (Å²) in [6.45, 7) is 12.3. The minimum atomic E-state index is 0.514. The lowest BCUT2D eigenvalue weighted by atomic mass is 9.81. The Morgan fingerprint density at radius 3 is 1.95 bits per heavy atom. The number of hydrogen-bond acceptors (Lipinski definition) is 3. The van der Waals surface area contributed by atoms with Gasteiger partial charge in [0.05, 0.1) is 0 Å². The minimum absolute atomic E-state index is 0.514.